The van der Waals surface area contributed by atoms with Crippen LogP contribution in [-0.2, 0) is 4.79 Å². The summed E-state index contributed by atoms with van der Waals surface area (Å²) in [5, 5.41) is 2.89. The Morgan fingerprint density at radius 1 is 1.48 bits per heavy atom. The van der Waals surface area contributed by atoms with Crippen molar-refractivity contribution in [2.45, 2.75) is 26.7 Å². The van der Waals surface area contributed by atoms with Crippen molar-refractivity contribution in [1.82, 2.24) is 10.3 Å². The predicted octanol–water partition coefficient (Wildman–Crippen LogP) is 1.41. The van der Waals surface area contributed by atoms with Gasteiger partial charge in [-0.1, -0.05) is 0 Å². The number of nitrogen functional groups attached to an aromatic ring is 1. The van der Waals surface area contributed by atoms with Crippen LogP contribution in [0.1, 0.15) is 26.7 Å². The minimum atomic E-state index is 0.0407. The molecule has 1 aromatic rings. The summed E-state index contributed by atoms with van der Waals surface area (Å²) in [7, 11) is 0. The zero-order valence-corrected chi connectivity index (χ0v) is 12.8. The number of hydrogen-bond donors (Lipinski definition) is 2. The average Bonchev–Trinajstić information content (AvgIpc) is 2.48. The molecule has 1 aromatic heterocycles. The zero-order valence-electron chi connectivity index (χ0n) is 12.8. The van der Waals surface area contributed by atoms with Crippen molar-refractivity contribution < 1.29 is 9.53 Å². The Bertz CT molecular complexity index is 485. The van der Waals surface area contributed by atoms with Crippen LogP contribution in [0.25, 0.3) is 0 Å². The number of carbonyl (C=O) groups is 1. The van der Waals surface area contributed by atoms with Gasteiger partial charge in [0, 0.05) is 26.6 Å². The molecule has 1 saturated heterocycles. The summed E-state index contributed by atoms with van der Waals surface area (Å²) in [6.07, 6.45) is 2.10. The van der Waals surface area contributed by atoms with Crippen LogP contribution in [0.5, 0.6) is 5.88 Å². The number of nitrogens with one attached hydrogen (secondary N) is 1. The van der Waals surface area contributed by atoms with Crippen molar-refractivity contribution in [1.29, 1.82) is 0 Å². The van der Waals surface area contributed by atoms with Gasteiger partial charge in [-0.2, -0.15) is 4.98 Å². The van der Waals surface area contributed by atoms with Gasteiger partial charge in [-0.25, -0.2) is 0 Å². The molecule has 2 heterocycles. The van der Waals surface area contributed by atoms with Crippen LogP contribution in [0.4, 0.5) is 11.5 Å². The van der Waals surface area contributed by atoms with E-state index in [-0.39, 0.29) is 5.91 Å². The first kappa shape index (κ1) is 15.4. The Hall–Kier alpha value is -1.98. The first-order valence-corrected chi connectivity index (χ1v) is 7.48. The van der Waals surface area contributed by atoms with Crippen molar-refractivity contribution in [2.24, 2.45) is 5.92 Å². The predicted molar refractivity (Wildman–Crippen MR) is 83.4 cm³/mol. The lowest BCUT2D eigenvalue weighted by molar-refractivity contribution is -0.119. The van der Waals surface area contributed by atoms with Crippen molar-refractivity contribution in [3.8, 4) is 5.88 Å². The number of pyridine rings is 1. The van der Waals surface area contributed by atoms with Crippen molar-refractivity contribution >= 4 is 17.4 Å². The molecule has 0 spiro atoms. The standard InChI is InChI=1S/C15H24N4O2/c1-3-21-15-13(16)4-5-14(18-15)19-8-6-12(7-9-19)10-17-11(2)20/h4-5,12H,3,6-10,16H2,1-2H3,(H,17,20). The molecule has 0 aromatic carbocycles. The van der Waals surface area contributed by atoms with E-state index < -0.39 is 0 Å². The number of ether oxygens (including phenoxy) is 1. The molecule has 0 saturated carbocycles. The second-order valence-electron chi connectivity index (χ2n) is 5.36. The van der Waals surface area contributed by atoms with Gasteiger partial charge >= 0.3 is 0 Å². The van der Waals surface area contributed by atoms with Gasteiger partial charge in [0.1, 0.15) is 5.82 Å². The smallest absolute Gasteiger partial charge is 0.239 e. The van der Waals surface area contributed by atoms with Gasteiger partial charge in [-0.15, -0.1) is 0 Å². The number of nitrogens with zero attached hydrogens (tertiary/aromatic N) is 2. The van der Waals surface area contributed by atoms with E-state index in [1.54, 1.807) is 6.92 Å². The molecular weight excluding hydrogens is 268 g/mol. The topological polar surface area (TPSA) is 80.5 Å². The molecule has 0 unspecified atom stereocenters. The number of aromatic nitrogens is 1. The molecule has 1 aliphatic heterocycles. The maximum Gasteiger partial charge on any atom is 0.239 e. The number of piperidine rings is 1. The number of anilines is 2. The van der Waals surface area contributed by atoms with Gasteiger partial charge in [0.2, 0.25) is 11.8 Å². The highest BCUT2D eigenvalue weighted by Crippen LogP contribution is 2.26. The number of carbonyl (C=O) groups excluding carboxylic acids is 1. The quantitative estimate of drug-likeness (QED) is 0.858. The first-order chi connectivity index (χ1) is 10.1. The third kappa shape index (κ3) is 4.24. The fourth-order valence-electron chi connectivity index (χ4n) is 2.52. The molecule has 3 N–H and O–H groups in total. The largest absolute Gasteiger partial charge is 0.476 e. The molecule has 1 amide bonds. The van der Waals surface area contributed by atoms with Crippen LogP contribution in [0.3, 0.4) is 0 Å². The van der Waals surface area contributed by atoms with E-state index in [4.69, 9.17) is 10.5 Å². The highest BCUT2D eigenvalue weighted by atomic mass is 16.5. The van der Waals surface area contributed by atoms with Gasteiger partial charge in [0.05, 0.1) is 12.3 Å². The lowest BCUT2D eigenvalue weighted by Crippen LogP contribution is -2.38. The highest BCUT2D eigenvalue weighted by Gasteiger charge is 2.21. The Kier molecular flexibility index (Phi) is 5.25. The number of amides is 1. The fraction of sp³-hybridized carbons (Fsp3) is 0.600. The van der Waals surface area contributed by atoms with Crippen LogP contribution in [-0.4, -0.2) is 37.1 Å². The molecular formula is C15H24N4O2. The van der Waals surface area contributed by atoms with E-state index >= 15 is 0 Å². The first-order valence-electron chi connectivity index (χ1n) is 7.48. The normalized spacial score (nSPS) is 15.8. The molecule has 1 fully saturated rings. The minimum Gasteiger partial charge on any atom is -0.476 e. The van der Waals surface area contributed by atoms with E-state index in [9.17, 15) is 4.79 Å². The lowest BCUT2D eigenvalue weighted by Gasteiger charge is -2.33. The highest BCUT2D eigenvalue weighted by molar-refractivity contribution is 5.72. The van der Waals surface area contributed by atoms with Crippen molar-refractivity contribution in [3.63, 3.8) is 0 Å². The summed E-state index contributed by atoms with van der Waals surface area (Å²) >= 11 is 0. The molecule has 6 nitrogen and oxygen atoms in total. The van der Waals surface area contributed by atoms with Gasteiger partial charge in [0.15, 0.2) is 0 Å². The molecule has 116 valence electrons. The molecule has 6 heteroatoms. The summed E-state index contributed by atoms with van der Waals surface area (Å²) in [5.74, 6) is 2.00. The van der Waals surface area contributed by atoms with Gasteiger partial charge in [-0.3, -0.25) is 4.79 Å². The van der Waals surface area contributed by atoms with E-state index in [1.165, 1.54) is 0 Å². The second kappa shape index (κ2) is 7.15. The third-order valence-corrected chi connectivity index (χ3v) is 3.73. The maximum atomic E-state index is 10.9. The Morgan fingerprint density at radius 2 is 2.19 bits per heavy atom. The summed E-state index contributed by atoms with van der Waals surface area (Å²) in [6.45, 7) is 6.67. The molecule has 0 radical (unpaired) electrons. The van der Waals surface area contributed by atoms with Crippen molar-refractivity contribution in [2.75, 3.05) is 36.9 Å². The Labute approximate surface area is 125 Å². The van der Waals surface area contributed by atoms with Crippen LogP contribution in [0.2, 0.25) is 0 Å². The van der Waals surface area contributed by atoms with Gasteiger partial charge in [-0.05, 0) is 37.8 Å². The summed E-state index contributed by atoms with van der Waals surface area (Å²) in [4.78, 5) is 17.7. The molecule has 0 atom stereocenters. The second-order valence-corrected chi connectivity index (χ2v) is 5.36. The van der Waals surface area contributed by atoms with Crippen LogP contribution in [0, 0.1) is 5.92 Å². The molecule has 2 rings (SSSR count). The number of rotatable bonds is 5. The monoisotopic (exact) mass is 292 g/mol. The Morgan fingerprint density at radius 3 is 2.81 bits per heavy atom. The van der Waals surface area contributed by atoms with E-state index in [0.717, 1.165) is 38.3 Å². The average molecular weight is 292 g/mol. The zero-order chi connectivity index (χ0) is 15.2. The lowest BCUT2D eigenvalue weighted by atomic mass is 9.97. The van der Waals surface area contributed by atoms with Gasteiger partial charge in [0.25, 0.3) is 0 Å². The third-order valence-electron chi connectivity index (χ3n) is 3.73. The summed E-state index contributed by atoms with van der Waals surface area (Å²) in [5.41, 5.74) is 6.42. The molecule has 1 aliphatic rings. The van der Waals surface area contributed by atoms with Crippen LogP contribution >= 0.6 is 0 Å². The molecule has 0 bridgehead atoms. The fourth-order valence-corrected chi connectivity index (χ4v) is 2.52. The Balaban J connectivity index is 1.92. The maximum absolute atomic E-state index is 10.9. The molecule has 0 aliphatic carbocycles. The van der Waals surface area contributed by atoms with Gasteiger partial charge < -0.3 is 20.7 Å². The summed E-state index contributed by atoms with van der Waals surface area (Å²) in [6, 6.07) is 3.78. The minimum absolute atomic E-state index is 0.0407. The number of hydrogen-bond acceptors (Lipinski definition) is 5. The van der Waals surface area contributed by atoms with Crippen LogP contribution < -0.4 is 20.7 Å². The van der Waals surface area contributed by atoms with E-state index in [1.807, 2.05) is 19.1 Å². The SMILES string of the molecule is CCOc1nc(N2CCC(CNC(C)=O)CC2)ccc1N. The van der Waals surface area contributed by atoms with E-state index in [0.29, 0.717) is 24.1 Å². The van der Waals surface area contributed by atoms with E-state index in [2.05, 4.69) is 15.2 Å². The van der Waals surface area contributed by atoms with Crippen LogP contribution in [0.15, 0.2) is 12.1 Å². The summed E-state index contributed by atoms with van der Waals surface area (Å²) < 4.78 is 5.44. The van der Waals surface area contributed by atoms with Crippen molar-refractivity contribution in [3.05, 3.63) is 12.1 Å². The number of nitrogens with two attached hydrogens (primary N) is 1. The molecule has 21 heavy (non-hydrogen) atoms.